The number of halogens is 1. The summed E-state index contributed by atoms with van der Waals surface area (Å²) in [7, 11) is -3.37. The highest BCUT2D eigenvalue weighted by Gasteiger charge is 2.21. The van der Waals surface area contributed by atoms with E-state index >= 15 is 0 Å². The first-order valence-corrected chi connectivity index (χ1v) is 8.31. The van der Waals surface area contributed by atoms with E-state index in [0.717, 1.165) is 22.7 Å². The van der Waals surface area contributed by atoms with Crippen molar-refractivity contribution in [2.24, 2.45) is 0 Å². The number of benzene rings is 1. The average Bonchev–Trinajstić information content (AvgIpc) is 2.27. The predicted molar refractivity (Wildman–Crippen MR) is 72.0 cm³/mol. The highest BCUT2D eigenvalue weighted by molar-refractivity contribution is 9.10. The second-order valence-electron chi connectivity index (χ2n) is 4.27. The molecular formula is C12H15BrO4S. The van der Waals surface area contributed by atoms with Gasteiger partial charge >= 0.3 is 0 Å². The minimum Gasteiger partial charge on any atom is -0.373 e. The summed E-state index contributed by atoms with van der Waals surface area (Å²) in [5.74, 6) is 0. The van der Waals surface area contributed by atoms with Crippen molar-refractivity contribution < 1.29 is 17.3 Å². The first kappa shape index (κ1) is 14.0. The van der Waals surface area contributed by atoms with Crippen molar-refractivity contribution in [3.05, 3.63) is 33.8 Å². The van der Waals surface area contributed by atoms with E-state index < -0.39 is 10.1 Å². The largest absolute Gasteiger partial charge is 0.373 e. The molecule has 0 unspecified atom stereocenters. The Hall–Kier alpha value is -0.430. The van der Waals surface area contributed by atoms with Gasteiger partial charge in [-0.3, -0.25) is 4.18 Å². The van der Waals surface area contributed by atoms with Crippen molar-refractivity contribution in [2.75, 3.05) is 19.5 Å². The molecule has 1 atom stereocenters. The third-order valence-electron chi connectivity index (χ3n) is 2.82. The maximum atomic E-state index is 10.9. The zero-order valence-corrected chi connectivity index (χ0v) is 12.5. The van der Waals surface area contributed by atoms with Gasteiger partial charge in [0.1, 0.15) is 0 Å². The van der Waals surface area contributed by atoms with Crippen LogP contribution in [-0.4, -0.2) is 27.9 Å². The van der Waals surface area contributed by atoms with Crippen LogP contribution in [-0.2, 0) is 25.5 Å². The fraction of sp³-hybridized carbons (Fsp3) is 0.500. The normalized spacial score (nSPS) is 19.6. The molecule has 0 saturated heterocycles. The lowest BCUT2D eigenvalue weighted by Crippen LogP contribution is -2.18. The zero-order chi connectivity index (χ0) is 13.2. The molecule has 0 aromatic heterocycles. The predicted octanol–water partition coefficient (Wildman–Crippen LogP) is 2.43. The molecule has 1 heterocycles. The number of fused-ring (bicyclic) bond motifs is 1. The molecule has 6 heteroatoms. The first-order chi connectivity index (χ1) is 8.46. The third-order valence-corrected chi connectivity index (χ3v) is 3.91. The third kappa shape index (κ3) is 3.78. The Kier molecular flexibility index (Phi) is 4.42. The second-order valence-corrected chi connectivity index (χ2v) is 6.83. The van der Waals surface area contributed by atoms with Crippen molar-refractivity contribution in [3.8, 4) is 0 Å². The number of hydrogen-bond donors (Lipinski definition) is 0. The van der Waals surface area contributed by atoms with E-state index in [-0.39, 0.29) is 12.7 Å². The summed E-state index contributed by atoms with van der Waals surface area (Å²) in [6.07, 6.45) is 2.41. The molecule has 100 valence electrons. The van der Waals surface area contributed by atoms with Gasteiger partial charge in [0, 0.05) is 10.9 Å². The molecule has 1 aromatic rings. The zero-order valence-electron chi connectivity index (χ0n) is 10.1. The van der Waals surface area contributed by atoms with E-state index in [2.05, 4.69) is 22.0 Å². The maximum absolute atomic E-state index is 10.9. The molecule has 18 heavy (non-hydrogen) atoms. The Balaban J connectivity index is 2.04. The average molecular weight is 335 g/mol. The van der Waals surface area contributed by atoms with Crippen LogP contribution in [0.2, 0.25) is 0 Å². The molecule has 1 aliphatic heterocycles. The molecule has 0 spiro atoms. The summed E-state index contributed by atoms with van der Waals surface area (Å²) in [5.41, 5.74) is 2.38. The van der Waals surface area contributed by atoms with E-state index in [0.29, 0.717) is 13.0 Å². The van der Waals surface area contributed by atoms with Gasteiger partial charge in [0.15, 0.2) is 0 Å². The molecule has 0 amide bonds. The summed E-state index contributed by atoms with van der Waals surface area (Å²) in [4.78, 5) is 0. The lowest BCUT2D eigenvalue weighted by Gasteiger charge is -2.26. The van der Waals surface area contributed by atoms with Crippen LogP contribution in [0.3, 0.4) is 0 Å². The molecule has 0 saturated carbocycles. The maximum Gasteiger partial charge on any atom is 0.264 e. The van der Waals surface area contributed by atoms with Crippen LogP contribution in [0.25, 0.3) is 0 Å². The van der Waals surface area contributed by atoms with Gasteiger partial charge in [-0.25, -0.2) is 0 Å². The molecule has 1 aromatic carbocycles. The van der Waals surface area contributed by atoms with Crippen molar-refractivity contribution >= 4 is 26.0 Å². The molecule has 0 bridgehead atoms. The van der Waals surface area contributed by atoms with E-state index in [1.807, 2.05) is 12.1 Å². The van der Waals surface area contributed by atoms with Crippen LogP contribution < -0.4 is 0 Å². The number of ether oxygens (including phenoxy) is 1. The lowest BCUT2D eigenvalue weighted by molar-refractivity contribution is 0.0283. The molecule has 0 radical (unpaired) electrons. The Morgan fingerprint density at radius 3 is 3.00 bits per heavy atom. The summed E-state index contributed by atoms with van der Waals surface area (Å²) < 4.78 is 33.3. The van der Waals surface area contributed by atoms with Crippen LogP contribution in [0.4, 0.5) is 0 Å². The van der Waals surface area contributed by atoms with Gasteiger partial charge in [-0.05, 0) is 29.7 Å². The minimum atomic E-state index is -3.37. The molecule has 4 nitrogen and oxygen atoms in total. The summed E-state index contributed by atoms with van der Waals surface area (Å²) in [5, 5.41) is 0. The highest BCUT2D eigenvalue weighted by Crippen LogP contribution is 2.31. The quantitative estimate of drug-likeness (QED) is 0.793. The Labute approximate surface area is 116 Å². The Bertz CT molecular complexity index is 527. The summed E-state index contributed by atoms with van der Waals surface area (Å²) in [6.45, 7) is 0.812. The van der Waals surface area contributed by atoms with E-state index in [9.17, 15) is 8.42 Å². The van der Waals surface area contributed by atoms with Crippen molar-refractivity contribution in [1.82, 2.24) is 0 Å². The van der Waals surface area contributed by atoms with E-state index in [1.54, 1.807) is 0 Å². The van der Waals surface area contributed by atoms with Gasteiger partial charge in [0.2, 0.25) is 0 Å². The van der Waals surface area contributed by atoms with Gasteiger partial charge < -0.3 is 4.74 Å². The van der Waals surface area contributed by atoms with Crippen molar-refractivity contribution in [1.29, 1.82) is 0 Å². The smallest absolute Gasteiger partial charge is 0.264 e. The van der Waals surface area contributed by atoms with Crippen LogP contribution in [0, 0.1) is 0 Å². The first-order valence-electron chi connectivity index (χ1n) is 5.70. The fourth-order valence-corrected chi connectivity index (χ4v) is 2.86. The van der Waals surface area contributed by atoms with Gasteiger partial charge in [-0.1, -0.05) is 22.0 Å². The number of rotatable bonds is 4. The highest BCUT2D eigenvalue weighted by atomic mass is 79.9. The fourth-order valence-electron chi connectivity index (χ4n) is 2.05. The van der Waals surface area contributed by atoms with Crippen LogP contribution >= 0.6 is 15.9 Å². The van der Waals surface area contributed by atoms with Crippen molar-refractivity contribution in [2.45, 2.75) is 18.9 Å². The standard InChI is InChI=1S/C12H15BrO4S/c1-18(14,15)17-7-5-12-11-3-2-10(13)8-9(11)4-6-16-12/h2-3,8,12H,4-7H2,1H3/t12-/m0/s1. The van der Waals surface area contributed by atoms with Crippen molar-refractivity contribution in [3.63, 3.8) is 0 Å². The summed E-state index contributed by atoms with van der Waals surface area (Å²) >= 11 is 3.44. The van der Waals surface area contributed by atoms with Crippen LogP contribution in [0.1, 0.15) is 23.7 Å². The Morgan fingerprint density at radius 1 is 1.50 bits per heavy atom. The van der Waals surface area contributed by atoms with Gasteiger partial charge in [-0.15, -0.1) is 0 Å². The van der Waals surface area contributed by atoms with Gasteiger partial charge in [-0.2, -0.15) is 8.42 Å². The SMILES string of the molecule is CS(=O)(=O)OCC[C@@H]1OCCc2cc(Br)ccc21. The van der Waals surface area contributed by atoms with Gasteiger partial charge in [0.25, 0.3) is 10.1 Å². The number of hydrogen-bond acceptors (Lipinski definition) is 4. The molecule has 2 rings (SSSR count). The molecule has 0 fully saturated rings. The van der Waals surface area contributed by atoms with E-state index in [1.165, 1.54) is 5.56 Å². The minimum absolute atomic E-state index is 0.0800. The van der Waals surface area contributed by atoms with Gasteiger partial charge in [0.05, 0.1) is 25.6 Å². The van der Waals surface area contributed by atoms with E-state index in [4.69, 9.17) is 8.92 Å². The monoisotopic (exact) mass is 334 g/mol. The van der Waals surface area contributed by atoms with Crippen LogP contribution in [0.15, 0.2) is 22.7 Å². The lowest BCUT2D eigenvalue weighted by atomic mass is 9.96. The summed E-state index contributed by atoms with van der Waals surface area (Å²) in [6, 6.07) is 6.07. The molecule has 0 aliphatic carbocycles. The molecule has 0 N–H and O–H groups in total. The topological polar surface area (TPSA) is 52.6 Å². The second kappa shape index (κ2) is 5.69. The molecule has 1 aliphatic rings. The molecular weight excluding hydrogens is 320 g/mol. The Morgan fingerprint density at radius 2 is 2.28 bits per heavy atom. The van der Waals surface area contributed by atoms with Crippen LogP contribution in [0.5, 0.6) is 0 Å².